The lowest BCUT2D eigenvalue weighted by Gasteiger charge is -2.30. The number of fused-ring (bicyclic) bond motifs is 6. The summed E-state index contributed by atoms with van der Waals surface area (Å²) in [6, 6.07) is 87.1. The van der Waals surface area contributed by atoms with Gasteiger partial charge in [-0.05, 0) is 100 Å². The number of rotatable bonds is 8. The molecule has 63 heavy (non-hydrogen) atoms. The lowest BCUT2D eigenvalue weighted by atomic mass is 9.95. The number of aromatic nitrogens is 1. The predicted molar refractivity (Wildman–Crippen MR) is 264 cm³/mol. The van der Waals surface area contributed by atoms with Crippen LogP contribution in [0, 0.1) is 0 Å². The molecule has 0 spiro atoms. The molecule has 0 amide bonds. The van der Waals surface area contributed by atoms with Crippen LogP contribution in [0.1, 0.15) is 0 Å². The van der Waals surface area contributed by atoms with E-state index in [4.69, 9.17) is 4.42 Å². The maximum atomic E-state index is 6.39. The van der Waals surface area contributed by atoms with Crippen molar-refractivity contribution in [1.82, 2.24) is 4.57 Å². The quantitative estimate of drug-likeness (QED) is 0.153. The highest BCUT2D eigenvalue weighted by atomic mass is 16.3. The third kappa shape index (κ3) is 6.29. The normalized spacial score (nSPS) is 11.5. The van der Waals surface area contributed by atoms with Crippen molar-refractivity contribution in [2.75, 3.05) is 4.90 Å². The third-order valence-electron chi connectivity index (χ3n) is 12.4. The highest BCUT2D eigenvalue weighted by Gasteiger charge is 2.22. The van der Waals surface area contributed by atoms with Crippen LogP contribution in [0.3, 0.4) is 0 Å². The monoisotopic (exact) mass is 804 g/mol. The SMILES string of the molecule is c1ccc(-c2ccccc2N(c2ccc(-c3cccc(-c4ccc(-n5c6ccccc6c6ccccc65)cc4)c3)cc2)c2ccccc2-c2cccc3oc4ccccc4c23)cc1. The molecule has 0 saturated heterocycles. The molecular formula is C60H40N2O. The first-order chi connectivity index (χ1) is 31.3. The zero-order valence-corrected chi connectivity index (χ0v) is 34.4. The van der Waals surface area contributed by atoms with Crippen LogP contribution in [0.5, 0.6) is 0 Å². The standard InChI is InChI=1S/C60H40N2O/c1-2-16-43(17-3-1)48-20-4-9-26-54(48)61(57-29-12-7-23-51(57)52-25-15-31-59-60(52)53-24-8-13-30-58(53)63-59)46-36-32-41(33-37-46)44-18-14-19-45(40-44)42-34-38-47(39-35-42)62-55-27-10-5-21-49(55)50-22-6-11-28-56(50)62/h1-40H. The van der Waals surface area contributed by atoms with E-state index in [1.165, 1.54) is 38.5 Å². The average molecular weight is 805 g/mol. The van der Waals surface area contributed by atoms with Crippen molar-refractivity contribution in [3.8, 4) is 50.2 Å². The van der Waals surface area contributed by atoms with Gasteiger partial charge in [0.1, 0.15) is 11.2 Å². The second kappa shape index (κ2) is 15.3. The predicted octanol–water partition coefficient (Wildman–Crippen LogP) is 16.8. The smallest absolute Gasteiger partial charge is 0.136 e. The maximum absolute atomic E-state index is 6.39. The van der Waals surface area contributed by atoms with E-state index < -0.39 is 0 Å². The molecule has 12 aromatic rings. The molecule has 0 fully saturated rings. The largest absolute Gasteiger partial charge is 0.456 e. The molecule has 0 unspecified atom stereocenters. The average Bonchev–Trinajstić information content (AvgIpc) is 3.91. The molecule has 296 valence electrons. The van der Waals surface area contributed by atoms with E-state index in [2.05, 4.69) is 240 Å². The van der Waals surface area contributed by atoms with E-state index in [0.717, 1.165) is 72.5 Å². The summed E-state index contributed by atoms with van der Waals surface area (Å²) in [4.78, 5) is 2.41. The Kier molecular flexibility index (Phi) is 8.83. The van der Waals surface area contributed by atoms with Crippen LogP contribution in [-0.2, 0) is 0 Å². The van der Waals surface area contributed by atoms with Crippen LogP contribution in [0.2, 0.25) is 0 Å². The molecule has 0 aliphatic carbocycles. The molecule has 10 aromatic carbocycles. The van der Waals surface area contributed by atoms with Gasteiger partial charge < -0.3 is 13.9 Å². The molecule has 2 heterocycles. The molecule has 0 N–H and O–H groups in total. The van der Waals surface area contributed by atoms with Crippen molar-refractivity contribution >= 4 is 60.8 Å². The minimum absolute atomic E-state index is 0.880. The molecule has 0 radical (unpaired) electrons. The summed E-state index contributed by atoms with van der Waals surface area (Å²) in [5.41, 5.74) is 17.8. The maximum Gasteiger partial charge on any atom is 0.136 e. The fraction of sp³-hybridized carbons (Fsp3) is 0. The number of hydrogen-bond donors (Lipinski definition) is 0. The molecule has 3 nitrogen and oxygen atoms in total. The molecule has 3 heteroatoms. The number of furan rings is 1. The minimum atomic E-state index is 0.880. The Hall–Kier alpha value is -8.40. The summed E-state index contributed by atoms with van der Waals surface area (Å²) in [5, 5.41) is 4.77. The molecule has 0 saturated carbocycles. The summed E-state index contributed by atoms with van der Waals surface area (Å²) < 4.78 is 8.75. The molecule has 0 bridgehead atoms. The van der Waals surface area contributed by atoms with Crippen LogP contribution in [0.15, 0.2) is 247 Å². The number of benzene rings is 10. The van der Waals surface area contributed by atoms with Crippen LogP contribution in [-0.4, -0.2) is 4.57 Å². The zero-order chi connectivity index (χ0) is 41.7. The lowest BCUT2D eigenvalue weighted by Crippen LogP contribution is -2.12. The van der Waals surface area contributed by atoms with Crippen molar-refractivity contribution in [1.29, 1.82) is 0 Å². The number of hydrogen-bond acceptors (Lipinski definition) is 2. The molecule has 0 atom stereocenters. The fourth-order valence-electron chi connectivity index (χ4n) is 9.52. The van der Waals surface area contributed by atoms with E-state index in [1.54, 1.807) is 0 Å². The first kappa shape index (κ1) is 36.5. The Morgan fingerprint density at radius 2 is 0.810 bits per heavy atom. The van der Waals surface area contributed by atoms with Gasteiger partial charge in [-0.25, -0.2) is 0 Å². The molecule has 0 aliphatic rings. The highest BCUT2D eigenvalue weighted by Crippen LogP contribution is 2.47. The summed E-state index contributed by atoms with van der Waals surface area (Å²) in [5.74, 6) is 0. The highest BCUT2D eigenvalue weighted by molar-refractivity contribution is 6.14. The second-order valence-electron chi connectivity index (χ2n) is 16.1. The number of anilines is 3. The molecule has 0 aliphatic heterocycles. The van der Waals surface area contributed by atoms with Gasteiger partial charge in [-0.15, -0.1) is 0 Å². The van der Waals surface area contributed by atoms with E-state index >= 15 is 0 Å². The van der Waals surface area contributed by atoms with Gasteiger partial charge in [-0.3, -0.25) is 0 Å². The Morgan fingerprint density at radius 1 is 0.317 bits per heavy atom. The molecular weight excluding hydrogens is 765 g/mol. The van der Waals surface area contributed by atoms with Crippen molar-refractivity contribution in [3.63, 3.8) is 0 Å². The molecule has 12 rings (SSSR count). The van der Waals surface area contributed by atoms with Crippen LogP contribution >= 0.6 is 0 Å². The van der Waals surface area contributed by atoms with E-state index in [0.29, 0.717) is 0 Å². The Balaban J connectivity index is 0.942. The first-order valence-electron chi connectivity index (χ1n) is 21.5. The summed E-state index contributed by atoms with van der Waals surface area (Å²) >= 11 is 0. The summed E-state index contributed by atoms with van der Waals surface area (Å²) in [6.45, 7) is 0. The van der Waals surface area contributed by atoms with Crippen molar-refractivity contribution in [2.24, 2.45) is 0 Å². The van der Waals surface area contributed by atoms with Crippen LogP contribution < -0.4 is 4.90 Å². The zero-order valence-electron chi connectivity index (χ0n) is 34.4. The summed E-state index contributed by atoms with van der Waals surface area (Å²) in [7, 11) is 0. The van der Waals surface area contributed by atoms with Gasteiger partial charge in [0.05, 0.1) is 22.4 Å². The van der Waals surface area contributed by atoms with Gasteiger partial charge >= 0.3 is 0 Å². The van der Waals surface area contributed by atoms with Gasteiger partial charge in [0, 0.05) is 44.0 Å². The molecule has 2 aromatic heterocycles. The van der Waals surface area contributed by atoms with Crippen molar-refractivity contribution in [3.05, 3.63) is 243 Å². The third-order valence-corrected chi connectivity index (χ3v) is 12.4. The second-order valence-corrected chi connectivity index (χ2v) is 16.1. The van der Waals surface area contributed by atoms with Crippen molar-refractivity contribution < 1.29 is 4.42 Å². The van der Waals surface area contributed by atoms with Crippen LogP contribution in [0.4, 0.5) is 17.1 Å². The Labute approximate surface area is 366 Å². The van der Waals surface area contributed by atoms with E-state index in [-0.39, 0.29) is 0 Å². The fourth-order valence-corrected chi connectivity index (χ4v) is 9.52. The van der Waals surface area contributed by atoms with Gasteiger partial charge in [0.25, 0.3) is 0 Å². The van der Waals surface area contributed by atoms with E-state index in [9.17, 15) is 0 Å². The van der Waals surface area contributed by atoms with Gasteiger partial charge in [-0.1, -0.05) is 176 Å². The van der Waals surface area contributed by atoms with Gasteiger partial charge in [-0.2, -0.15) is 0 Å². The number of nitrogens with zero attached hydrogens (tertiary/aromatic N) is 2. The Morgan fingerprint density at radius 3 is 1.51 bits per heavy atom. The summed E-state index contributed by atoms with van der Waals surface area (Å²) in [6.07, 6.45) is 0. The van der Waals surface area contributed by atoms with Gasteiger partial charge in [0.15, 0.2) is 0 Å². The van der Waals surface area contributed by atoms with Gasteiger partial charge in [0.2, 0.25) is 0 Å². The number of para-hydroxylation sites is 5. The minimum Gasteiger partial charge on any atom is -0.456 e. The van der Waals surface area contributed by atoms with Crippen molar-refractivity contribution in [2.45, 2.75) is 0 Å². The topological polar surface area (TPSA) is 21.3 Å². The van der Waals surface area contributed by atoms with Crippen LogP contribution in [0.25, 0.3) is 93.9 Å². The lowest BCUT2D eigenvalue weighted by molar-refractivity contribution is 0.669. The first-order valence-corrected chi connectivity index (χ1v) is 21.5. The van der Waals surface area contributed by atoms with E-state index in [1.807, 2.05) is 12.1 Å². The Bertz CT molecular complexity index is 3560.